The molecule has 0 saturated heterocycles. The Kier molecular flexibility index (Phi) is 3.62. The van der Waals surface area contributed by atoms with E-state index in [9.17, 15) is 0 Å². The fourth-order valence-electron chi connectivity index (χ4n) is 1.29. The van der Waals surface area contributed by atoms with Crippen molar-refractivity contribution in [2.45, 2.75) is 20.3 Å². The fraction of sp³-hybridized carbons (Fsp3) is 0.455. The minimum absolute atomic E-state index is 0.924. The van der Waals surface area contributed by atoms with Crippen LogP contribution in [0.1, 0.15) is 18.9 Å². The highest BCUT2D eigenvalue weighted by Crippen LogP contribution is 2.27. The Morgan fingerprint density at radius 2 is 2.15 bits per heavy atom. The standard InChI is InChI=1S/C11H17NO/c1-4-8-12-11-9(2)6-5-7-10(11)13-3/h5-7,12H,4,8H2,1-3H3. The molecule has 2 heteroatoms. The van der Waals surface area contributed by atoms with Crippen molar-refractivity contribution >= 4 is 5.69 Å². The number of nitrogens with one attached hydrogen (secondary N) is 1. The number of anilines is 1. The number of benzene rings is 1. The van der Waals surface area contributed by atoms with Crippen LogP contribution >= 0.6 is 0 Å². The molecule has 0 aliphatic heterocycles. The van der Waals surface area contributed by atoms with E-state index in [0.29, 0.717) is 0 Å². The number of ether oxygens (including phenoxy) is 1. The Morgan fingerprint density at radius 1 is 1.38 bits per heavy atom. The van der Waals surface area contributed by atoms with Crippen LogP contribution in [0.15, 0.2) is 18.2 Å². The van der Waals surface area contributed by atoms with Crippen molar-refractivity contribution in [1.29, 1.82) is 0 Å². The molecule has 2 nitrogen and oxygen atoms in total. The van der Waals surface area contributed by atoms with E-state index in [1.807, 2.05) is 12.1 Å². The van der Waals surface area contributed by atoms with Crippen LogP contribution in [0.3, 0.4) is 0 Å². The van der Waals surface area contributed by atoms with Crippen molar-refractivity contribution in [3.63, 3.8) is 0 Å². The van der Waals surface area contributed by atoms with Gasteiger partial charge in [0, 0.05) is 6.54 Å². The van der Waals surface area contributed by atoms with E-state index in [4.69, 9.17) is 4.74 Å². The van der Waals surface area contributed by atoms with E-state index >= 15 is 0 Å². The zero-order valence-corrected chi connectivity index (χ0v) is 8.55. The van der Waals surface area contributed by atoms with Gasteiger partial charge < -0.3 is 10.1 Å². The van der Waals surface area contributed by atoms with Crippen LogP contribution < -0.4 is 10.1 Å². The summed E-state index contributed by atoms with van der Waals surface area (Å²) < 4.78 is 5.26. The van der Waals surface area contributed by atoms with Gasteiger partial charge in [-0.1, -0.05) is 19.1 Å². The largest absolute Gasteiger partial charge is 0.495 e. The summed E-state index contributed by atoms with van der Waals surface area (Å²) in [5.41, 5.74) is 2.35. The number of methoxy groups -OCH3 is 1. The molecule has 0 heterocycles. The fourth-order valence-corrected chi connectivity index (χ4v) is 1.29. The first-order chi connectivity index (χ1) is 6.29. The van der Waals surface area contributed by atoms with Gasteiger partial charge in [0.05, 0.1) is 12.8 Å². The summed E-state index contributed by atoms with van der Waals surface area (Å²) in [6.45, 7) is 5.22. The normalized spacial score (nSPS) is 9.77. The Labute approximate surface area is 79.9 Å². The Bertz CT molecular complexity index is 271. The molecule has 0 bridgehead atoms. The molecule has 0 radical (unpaired) electrons. The van der Waals surface area contributed by atoms with Gasteiger partial charge in [0.2, 0.25) is 0 Å². The smallest absolute Gasteiger partial charge is 0.142 e. The first kappa shape index (κ1) is 9.90. The molecule has 0 atom stereocenters. The zero-order valence-electron chi connectivity index (χ0n) is 8.55. The second-order valence-corrected chi connectivity index (χ2v) is 3.08. The van der Waals surface area contributed by atoms with Gasteiger partial charge in [0.25, 0.3) is 0 Å². The third-order valence-electron chi connectivity index (χ3n) is 2.01. The van der Waals surface area contributed by atoms with Gasteiger partial charge in [-0.2, -0.15) is 0 Å². The van der Waals surface area contributed by atoms with Crippen LogP contribution in [0, 0.1) is 6.92 Å². The minimum Gasteiger partial charge on any atom is -0.495 e. The predicted octanol–water partition coefficient (Wildman–Crippen LogP) is 2.83. The lowest BCUT2D eigenvalue weighted by Gasteiger charge is -2.12. The van der Waals surface area contributed by atoms with E-state index in [0.717, 1.165) is 24.4 Å². The second-order valence-electron chi connectivity index (χ2n) is 3.08. The van der Waals surface area contributed by atoms with Crippen molar-refractivity contribution in [3.05, 3.63) is 23.8 Å². The average molecular weight is 179 g/mol. The molecule has 1 aromatic rings. The highest BCUT2D eigenvalue weighted by Gasteiger charge is 2.03. The maximum atomic E-state index is 5.26. The quantitative estimate of drug-likeness (QED) is 0.767. The topological polar surface area (TPSA) is 21.3 Å². The molecule has 1 aromatic carbocycles. The van der Waals surface area contributed by atoms with Crippen LogP contribution in [-0.4, -0.2) is 13.7 Å². The third kappa shape index (κ3) is 2.38. The van der Waals surface area contributed by atoms with Crippen molar-refractivity contribution in [2.75, 3.05) is 19.0 Å². The van der Waals surface area contributed by atoms with Gasteiger partial charge in [-0.25, -0.2) is 0 Å². The third-order valence-corrected chi connectivity index (χ3v) is 2.01. The lowest BCUT2D eigenvalue weighted by Crippen LogP contribution is -2.03. The Balaban J connectivity index is 2.87. The molecule has 0 aromatic heterocycles. The van der Waals surface area contributed by atoms with Crippen molar-refractivity contribution in [2.24, 2.45) is 0 Å². The summed E-state index contributed by atoms with van der Waals surface area (Å²) in [6.07, 6.45) is 1.12. The van der Waals surface area contributed by atoms with Gasteiger partial charge in [-0.05, 0) is 25.0 Å². The monoisotopic (exact) mass is 179 g/mol. The molecular weight excluding hydrogens is 162 g/mol. The van der Waals surface area contributed by atoms with E-state index in [1.165, 1.54) is 5.56 Å². The van der Waals surface area contributed by atoms with E-state index in [-0.39, 0.29) is 0 Å². The van der Waals surface area contributed by atoms with Gasteiger partial charge in [0.1, 0.15) is 5.75 Å². The molecule has 13 heavy (non-hydrogen) atoms. The molecule has 0 fully saturated rings. The number of para-hydroxylation sites is 1. The van der Waals surface area contributed by atoms with E-state index in [1.54, 1.807) is 7.11 Å². The summed E-state index contributed by atoms with van der Waals surface area (Å²) >= 11 is 0. The van der Waals surface area contributed by atoms with E-state index in [2.05, 4.69) is 25.2 Å². The molecule has 1 rings (SSSR count). The van der Waals surface area contributed by atoms with Crippen molar-refractivity contribution in [1.82, 2.24) is 0 Å². The van der Waals surface area contributed by atoms with Crippen LogP contribution in [0.25, 0.3) is 0 Å². The van der Waals surface area contributed by atoms with Gasteiger partial charge in [-0.15, -0.1) is 0 Å². The Morgan fingerprint density at radius 3 is 2.77 bits per heavy atom. The van der Waals surface area contributed by atoms with Crippen molar-refractivity contribution < 1.29 is 4.74 Å². The SMILES string of the molecule is CCCNc1c(C)cccc1OC. The number of rotatable bonds is 4. The summed E-state index contributed by atoms with van der Waals surface area (Å²) in [4.78, 5) is 0. The number of hydrogen-bond acceptors (Lipinski definition) is 2. The highest BCUT2D eigenvalue weighted by atomic mass is 16.5. The van der Waals surface area contributed by atoms with Gasteiger partial charge in [0.15, 0.2) is 0 Å². The van der Waals surface area contributed by atoms with Crippen LogP contribution in [0.2, 0.25) is 0 Å². The summed E-state index contributed by atoms with van der Waals surface area (Å²) in [6, 6.07) is 6.07. The zero-order chi connectivity index (χ0) is 9.68. The van der Waals surface area contributed by atoms with Crippen LogP contribution in [0.4, 0.5) is 5.69 Å². The van der Waals surface area contributed by atoms with Gasteiger partial charge >= 0.3 is 0 Å². The molecular formula is C11H17NO. The van der Waals surface area contributed by atoms with Crippen LogP contribution in [0.5, 0.6) is 5.75 Å². The molecule has 0 unspecified atom stereocenters. The molecule has 0 amide bonds. The minimum atomic E-state index is 0.924. The molecule has 0 spiro atoms. The van der Waals surface area contributed by atoms with E-state index < -0.39 is 0 Å². The average Bonchev–Trinajstić information content (AvgIpc) is 2.15. The highest BCUT2D eigenvalue weighted by molar-refractivity contribution is 5.61. The maximum absolute atomic E-state index is 5.26. The Hall–Kier alpha value is -1.18. The molecule has 72 valence electrons. The molecule has 1 N–H and O–H groups in total. The summed E-state index contributed by atoms with van der Waals surface area (Å²) in [5.74, 6) is 0.924. The lowest BCUT2D eigenvalue weighted by molar-refractivity contribution is 0.416. The molecule has 0 aliphatic rings. The first-order valence-corrected chi connectivity index (χ1v) is 4.67. The summed E-state index contributed by atoms with van der Waals surface area (Å²) in [7, 11) is 1.70. The van der Waals surface area contributed by atoms with Gasteiger partial charge in [-0.3, -0.25) is 0 Å². The number of hydrogen-bond donors (Lipinski definition) is 1. The first-order valence-electron chi connectivity index (χ1n) is 4.67. The maximum Gasteiger partial charge on any atom is 0.142 e. The van der Waals surface area contributed by atoms with Crippen molar-refractivity contribution in [3.8, 4) is 5.75 Å². The molecule has 0 saturated carbocycles. The lowest BCUT2D eigenvalue weighted by atomic mass is 10.2. The summed E-state index contributed by atoms with van der Waals surface area (Å²) in [5, 5.41) is 3.36. The second kappa shape index (κ2) is 4.75. The van der Waals surface area contributed by atoms with Crippen LogP contribution in [-0.2, 0) is 0 Å². The number of aryl methyl sites for hydroxylation is 1. The molecule has 0 aliphatic carbocycles. The predicted molar refractivity (Wildman–Crippen MR) is 56.5 cm³/mol.